The Balaban J connectivity index is 2.67. The molecule has 17 heavy (non-hydrogen) atoms. The second-order valence-electron chi connectivity index (χ2n) is 4.17. The van der Waals surface area contributed by atoms with Crippen LogP contribution >= 0.6 is 0 Å². The molecule has 0 aliphatic heterocycles. The molecule has 1 aromatic heterocycles. The average molecular weight is 239 g/mol. The first-order chi connectivity index (χ1) is 8.10. The van der Waals surface area contributed by atoms with Gasteiger partial charge in [-0.1, -0.05) is 13.8 Å². The summed E-state index contributed by atoms with van der Waals surface area (Å²) < 4.78 is 2.67. The fourth-order valence-electron chi connectivity index (χ4n) is 1.78. The van der Waals surface area contributed by atoms with Gasteiger partial charge in [-0.15, -0.1) is 0 Å². The van der Waals surface area contributed by atoms with Gasteiger partial charge in [-0.25, -0.2) is 4.79 Å². The van der Waals surface area contributed by atoms with E-state index in [2.05, 4.69) is 19.2 Å². The van der Waals surface area contributed by atoms with E-state index in [1.807, 2.05) is 0 Å². The molecule has 5 heteroatoms. The van der Waals surface area contributed by atoms with Gasteiger partial charge >= 0.3 is 5.69 Å². The molecule has 0 aliphatic carbocycles. The van der Waals surface area contributed by atoms with Crippen LogP contribution in [0.3, 0.4) is 0 Å². The van der Waals surface area contributed by atoms with Gasteiger partial charge in [0.2, 0.25) is 0 Å². The van der Waals surface area contributed by atoms with Crippen LogP contribution in [-0.4, -0.2) is 21.7 Å². The Kier molecular flexibility index (Phi) is 5.15. The van der Waals surface area contributed by atoms with Gasteiger partial charge < -0.3 is 9.88 Å². The fourth-order valence-corrected chi connectivity index (χ4v) is 1.78. The Morgan fingerprint density at radius 3 is 2.53 bits per heavy atom. The van der Waals surface area contributed by atoms with E-state index in [9.17, 15) is 9.59 Å². The molecular formula is C12H21N3O2. The van der Waals surface area contributed by atoms with Gasteiger partial charge in [0.1, 0.15) is 0 Å². The smallest absolute Gasteiger partial charge is 0.312 e. The first-order valence-electron chi connectivity index (χ1n) is 6.10. The Bertz CT molecular complexity index is 458. The Hall–Kier alpha value is -1.36. The highest BCUT2D eigenvalue weighted by Crippen LogP contribution is 1.94. The predicted molar refractivity (Wildman–Crippen MR) is 68.3 cm³/mol. The Morgan fingerprint density at radius 1 is 1.29 bits per heavy atom. The molecule has 1 N–H and O–H groups in total. The van der Waals surface area contributed by atoms with Crippen LogP contribution in [0.1, 0.15) is 26.7 Å². The zero-order valence-electron chi connectivity index (χ0n) is 10.8. The standard InChI is InChI=1S/C12H21N3O2/c1-4-10(5-2)13-7-9-15-11(16)6-8-14(3)12(15)17/h6,8,10,13H,4-5,7,9H2,1-3H3. The molecule has 0 spiro atoms. The number of hydrogen-bond acceptors (Lipinski definition) is 3. The second kappa shape index (κ2) is 6.39. The monoisotopic (exact) mass is 239 g/mol. The minimum absolute atomic E-state index is 0.237. The second-order valence-corrected chi connectivity index (χ2v) is 4.17. The van der Waals surface area contributed by atoms with Crippen LogP contribution in [0.2, 0.25) is 0 Å². The average Bonchev–Trinajstić information content (AvgIpc) is 2.33. The van der Waals surface area contributed by atoms with Crippen molar-refractivity contribution in [1.29, 1.82) is 0 Å². The van der Waals surface area contributed by atoms with Crippen LogP contribution in [0.4, 0.5) is 0 Å². The summed E-state index contributed by atoms with van der Waals surface area (Å²) in [6, 6.07) is 1.87. The van der Waals surface area contributed by atoms with Crippen molar-refractivity contribution in [1.82, 2.24) is 14.5 Å². The zero-order valence-corrected chi connectivity index (χ0v) is 10.8. The molecule has 0 fully saturated rings. The number of aryl methyl sites for hydroxylation is 1. The first-order valence-corrected chi connectivity index (χ1v) is 6.10. The maximum Gasteiger partial charge on any atom is 0.330 e. The van der Waals surface area contributed by atoms with Crippen molar-refractivity contribution in [2.24, 2.45) is 7.05 Å². The topological polar surface area (TPSA) is 56.0 Å². The quantitative estimate of drug-likeness (QED) is 0.778. The summed E-state index contributed by atoms with van der Waals surface area (Å²) in [6.45, 7) is 5.30. The number of nitrogens with zero attached hydrogens (tertiary/aromatic N) is 2. The van der Waals surface area contributed by atoms with Crippen LogP contribution in [0.25, 0.3) is 0 Å². The summed E-state index contributed by atoms with van der Waals surface area (Å²) in [5.74, 6) is 0. The lowest BCUT2D eigenvalue weighted by atomic mass is 10.2. The molecular weight excluding hydrogens is 218 g/mol. The van der Waals surface area contributed by atoms with Gasteiger partial charge in [0.15, 0.2) is 0 Å². The summed E-state index contributed by atoms with van der Waals surface area (Å²) in [7, 11) is 1.65. The normalized spacial score (nSPS) is 11.1. The third-order valence-corrected chi connectivity index (χ3v) is 2.99. The highest BCUT2D eigenvalue weighted by atomic mass is 16.2. The molecule has 0 saturated carbocycles. The zero-order chi connectivity index (χ0) is 12.8. The minimum atomic E-state index is -0.260. The van der Waals surface area contributed by atoms with Crippen molar-refractivity contribution < 1.29 is 0 Å². The van der Waals surface area contributed by atoms with Crippen molar-refractivity contribution in [3.63, 3.8) is 0 Å². The maximum atomic E-state index is 11.7. The van der Waals surface area contributed by atoms with Crippen molar-refractivity contribution in [2.75, 3.05) is 6.54 Å². The van der Waals surface area contributed by atoms with Gasteiger partial charge in [-0.05, 0) is 12.8 Å². The highest BCUT2D eigenvalue weighted by Gasteiger charge is 2.04. The summed E-state index contributed by atoms with van der Waals surface area (Å²) in [6.07, 6.45) is 3.60. The van der Waals surface area contributed by atoms with E-state index in [0.717, 1.165) is 12.8 Å². The predicted octanol–water partition coefficient (Wildman–Crippen LogP) is 0.325. The summed E-state index contributed by atoms with van der Waals surface area (Å²) in [5, 5.41) is 3.33. The third-order valence-electron chi connectivity index (χ3n) is 2.99. The molecule has 1 heterocycles. The van der Waals surface area contributed by atoms with Gasteiger partial charge in [0.05, 0.1) is 0 Å². The van der Waals surface area contributed by atoms with Gasteiger partial charge in [0, 0.05) is 38.4 Å². The molecule has 0 radical (unpaired) electrons. The van der Waals surface area contributed by atoms with E-state index in [4.69, 9.17) is 0 Å². The van der Waals surface area contributed by atoms with Gasteiger partial charge in [-0.3, -0.25) is 9.36 Å². The van der Waals surface area contributed by atoms with E-state index in [1.165, 1.54) is 21.4 Å². The van der Waals surface area contributed by atoms with E-state index < -0.39 is 0 Å². The van der Waals surface area contributed by atoms with Crippen LogP contribution in [-0.2, 0) is 13.6 Å². The largest absolute Gasteiger partial charge is 0.330 e. The van der Waals surface area contributed by atoms with E-state index >= 15 is 0 Å². The van der Waals surface area contributed by atoms with Gasteiger partial charge in [-0.2, -0.15) is 0 Å². The van der Waals surface area contributed by atoms with Crippen molar-refractivity contribution in [2.45, 2.75) is 39.3 Å². The Labute approximate surface area is 101 Å². The molecule has 0 unspecified atom stereocenters. The lowest BCUT2D eigenvalue weighted by Crippen LogP contribution is -2.41. The molecule has 5 nitrogen and oxygen atoms in total. The van der Waals surface area contributed by atoms with E-state index in [1.54, 1.807) is 7.05 Å². The molecule has 0 saturated heterocycles. The fraction of sp³-hybridized carbons (Fsp3) is 0.667. The lowest BCUT2D eigenvalue weighted by Gasteiger charge is -2.14. The molecule has 0 amide bonds. The van der Waals surface area contributed by atoms with Crippen LogP contribution in [0, 0.1) is 0 Å². The van der Waals surface area contributed by atoms with Crippen LogP contribution < -0.4 is 16.6 Å². The first kappa shape index (κ1) is 13.7. The Morgan fingerprint density at radius 2 is 1.94 bits per heavy atom. The van der Waals surface area contributed by atoms with E-state index in [-0.39, 0.29) is 11.2 Å². The molecule has 0 aliphatic rings. The molecule has 96 valence electrons. The van der Waals surface area contributed by atoms with Gasteiger partial charge in [0.25, 0.3) is 5.56 Å². The van der Waals surface area contributed by atoms with E-state index in [0.29, 0.717) is 19.1 Å². The molecule has 0 aromatic carbocycles. The minimum Gasteiger partial charge on any atom is -0.312 e. The van der Waals surface area contributed by atoms with Crippen molar-refractivity contribution in [3.8, 4) is 0 Å². The molecule has 0 bridgehead atoms. The SMILES string of the molecule is CCC(CC)NCCn1c(=O)ccn(C)c1=O. The molecule has 0 atom stereocenters. The number of hydrogen-bond donors (Lipinski definition) is 1. The molecule has 1 rings (SSSR count). The van der Waals surface area contributed by atoms with Crippen LogP contribution in [0.5, 0.6) is 0 Å². The number of aromatic nitrogens is 2. The third kappa shape index (κ3) is 3.56. The van der Waals surface area contributed by atoms with Crippen LogP contribution in [0.15, 0.2) is 21.9 Å². The summed E-state index contributed by atoms with van der Waals surface area (Å²) in [4.78, 5) is 23.2. The highest BCUT2D eigenvalue weighted by molar-refractivity contribution is 4.85. The lowest BCUT2D eigenvalue weighted by molar-refractivity contribution is 0.454. The van der Waals surface area contributed by atoms with Crippen molar-refractivity contribution in [3.05, 3.63) is 33.1 Å². The molecule has 1 aromatic rings. The summed E-state index contributed by atoms with van der Waals surface area (Å²) in [5.41, 5.74) is -0.497. The summed E-state index contributed by atoms with van der Waals surface area (Å²) >= 11 is 0. The number of nitrogens with one attached hydrogen (secondary N) is 1. The maximum absolute atomic E-state index is 11.7. The number of rotatable bonds is 6. The van der Waals surface area contributed by atoms with Crippen molar-refractivity contribution >= 4 is 0 Å².